The Morgan fingerprint density at radius 1 is 0.833 bits per heavy atom. The van der Waals surface area contributed by atoms with Crippen LogP contribution < -0.4 is 24.3 Å². The van der Waals surface area contributed by atoms with Crippen molar-refractivity contribution in [3.05, 3.63) is 89.6 Å². The van der Waals surface area contributed by atoms with E-state index in [0.29, 0.717) is 17.2 Å². The van der Waals surface area contributed by atoms with Crippen LogP contribution in [0.25, 0.3) is 12.2 Å². The number of hydrogen-bond donors (Lipinski definition) is 1. The fourth-order valence-corrected chi connectivity index (χ4v) is 3.25. The Labute approximate surface area is 206 Å². The van der Waals surface area contributed by atoms with Gasteiger partial charge in [0.15, 0.2) is 17.3 Å². The summed E-state index contributed by atoms with van der Waals surface area (Å²) in [5, 5.41) is 3.01. The van der Waals surface area contributed by atoms with Crippen molar-refractivity contribution in [1.29, 1.82) is 0 Å². The van der Waals surface area contributed by atoms with Gasteiger partial charge in [-0.15, -0.1) is 13.2 Å². The van der Waals surface area contributed by atoms with Crippen molar-refractivity contribution in [3.8, 4) is 23.0 Å². The minimum atomic E-state index is -4.78. The van der Waals surface area contributed by atoms with Gasteiger partial charge in [0.25, 0.3) is 0 Å². The Kier molecular flexibility index (Phi) is 8.61. The van der Waals surface area contributed by atoms with E-state index in [9.17, 15) is 18.0 Å². The van der Waals surface area contributed by atoms with Gasteiger partial charge in [0.1, 0.15) is 5.75 Å². The van der Waals surface area contributed by atoms with Gasteiger partial charge in [0, 0.05) is 23.5 Å². The lowest BCUT2D eigenvalue weighted by Crippen LogP contribution is -2.17. The van der Waals surface area contributed by atoms with Crippen molar-refractivity contribution in [3.63, 3.8) is 0 Å². The lowest BCUT2D eigenvalue weighted by atomic mass is 10.1. The van der Waals surface area contributed by atoms with Crippen LogP contribution in [0.4, 0.5) is 18.9 Å². The first kappa shape index (κ1) is 26.2. The standard InChI is InChI=1S/C27H24F3NO5/c1-33-24-16-19(17-25(34-2)26(24)35-3)8-7-18-5-4-6-21(15-18)31-14-13-23(32)20-9-11-22(12-10-20)36-27(28,29)30/h4-17,31H,1-3H3/b8-7?,14-13-. The molecule has 0 radical (unpaired) electrons. The highest BCUT2D eigenvalue weighted by molar-refractivity contribution is 6.04. The van der Waals surface area contributed by atoms with Gasteiger partial charge in [-0.1, -0.05) is 24.3 Å². The molecule has 0 aliphatic carbocycles. The molecule has 0 saturated heterocycles. The molecule has 188 valence electrons. The van der Waals surface area contributed by atoms with E-state index in [-0.39, 0.29) is 11.3 Å². The summed E-state index contributed by atoms with van der Waals surface area (Å²) < 4.78 is 56.7. The van der Waals surface area contributed by atoms with Crippen molar-refractivity contribution in [2.75, 3.05) is 26.6 Å². The van der Waals surface area contributed by atoms with Gasteiger partial charge in [-0.05, 0) is 59.7 Å². The number of allylic oxidation sites excluding steroid dienone is 1. The summed E-state index contributed by atoms with van der Waals surface area (Å²) in [6, 6.07) is 15.8. The number of anilines is 1. The quantitative estimate of drug-likeness (QED) is 0.193. The molecule has 0 fully saturated rings. The number of carbonyl (C=O) groups is 1. The van der Waals surface area contributed by atoms with E-state index >= 15 is 0 Å². The first-order chi connectivity index (χ1) is 17.2. The van der Waals surface area contributed by atoms with Crippen LogP contribution in [0.15, 0.2) is 72.9 Å². The van der Waals surface area contributed by atoms with Crippen molar-refractivity contribution >= 4 is 23.6 Å². The molecule has 0 heterocycles. The van der Waals surface area contributed by atoms with E-state index < -0.39 is 12.1 Å². The highest BCUT2D eigenvalue weighted by Gasteiger charge is 2.31. The fraction of sp³-hybridized carbons (Fsp3) is 0.148. The van der Waals surface area contributed by atoms with Crippen molar-refractivity contribution in [2.45, 2.75) is 6.36 Å². The summed E-state index contributed by atoms with van der Waals surface area (Å²) in [6.07, 6.45) is 1.77. The number of nitrogens with one attached hydrogen (secondary N) is 1. The molecule has 6 nitrogen and oxygen atoms in total. The Balaban J connectivity index is 1.65. The number of alkyl halides is 3. The third-order valence-electron chi connectivity index (χ3n) is 4.90. The summed E-state index contributed by atoms with van der Waals surface area (Å²) in [6.45, 7) is 0. The van der Waals surface area contributed by atoms with Crippen LogP contribution >= 0.6 is 0 Å². The van der Waals surface area contributed by atoms with Crippen LogP contribution in [0.3, 0.4) is 0 Å². The highest BCUT2D eigenvalue weighted by atomic mass is 19.4. The van der Waals surface area contributed by atoms with Crippen LogP contribution in [-0.2, 0) is 0 Å². The number of carbonyl (C=O) groups excluding carboxylic acids is 1. The van der Waals surface area contributed by atoms with Gasteiger partial charge >= 0.3 is 6.36 Å². The van der Waals surface area contributed by atoms with Crippen molar-refractivity contribution in [2.24, 2.45) is 0 Å². The van der Waals surface area contributed by atoms with E-state index in [0.717, 1.165) is 28.9 Å². The lowest BCUT2D eigenvalue weighted by Gasteiger charge is -2.12. The van der Waals surface area contributed by atoms with Crippen molar-refractivity contribution < 1.29 is 36.9 Å². The predicted molar refractivity (Wildman–Crippen MR) is 132 cm³/mol. The number of benzene rings is 3. The van der Waals surface area contributed by atoms with Gasteiger partial charge in [-0.3, -0.25) is 4.79 Å². The third-order valence-corrected chi connectivity index (χ3v) is 4.90. The summed E-state index contributed by atoms with van der Waals surface area (Å²) >= 11 is 0. The molecular weight excluding hydrogens is 475 g/mol. The molecule has 3 aromatic rings. The van der Waals surface area contributed by atoms with Gasteiger partial charge < -0.3 is 24.3 Å². The highest BCUT2D eigenvalue weighted by Crippen LogP contribution is 2.38. The van der Waals surface area contributed by atoms with Crippen LogP contribution in [0.5, 0.6) is 23.0 Å². The number of methoxy groups -OCH3 is 3. The molecule has 0 amide bonds. The summed E-state index contributed by atoms with van der Waals surface area (Å²) in [4.78, 5) is 12.3. The zero-order chi connectivity index (χ0) is 26.1. The van der Waals surface area contributed by atoms with Crippen LogP contribution in [0, 0.1) is 0 Å². The Morgan fingerprint density at radius 2 is 1.47 bits per heavy atom. The van der Waals surface area contributed by atoms with Gasteiger partial charge in [-0.25, -0.2) is 0 Å². The Hall–Kier alpha value is -4.40. The first-order valence-corrected chi connectivity index (χ1v) is 10.6. The second-order valence-electron chi connectivity index (χ2n) is 7.33. The molecule has 36 heavy (non-hydrogen) atoms. The second kappa shape index (κ2) is 11.8. The monoisotopic (exact) mass is 499 g/mol. The molecule has 0 aliphatic rings. The maximum Gasteiger partial charge on any atom is 0.573 e. The average molecular weight is 499 g/mol. The Morgan fingerprint density at radius 3 is 2.06 bits per heavy atom. The van der Waals surface area contributed by atoms with Gasteiger partial charge in [0.2, 0.25) is 5.75 Å². The molecule has 0 spiro atoms. The number of ether oxygens (including phenoxy) is 4. The van der Waals surface area contributed by atoms with E-state index in [1.165, 1.54) is 24.4 Å². The minimum absolute atomic E-state index is 0.226. The molecule has 9 heteroatoms. The summed E-state index contributed by atoms with van der Waals surface area (Å²) in [7, 11) is 4.64. The maximum absolute atomic E-state index is 12.3. The van der Waals surface area contributed by atoms with Crippen LogP contribution in [-0.4, -0.2) is 33.5 Å². The van der Waals surface area contributed by atoms with Gasteiger partial charge in [0.05, 0.1) is 21.3 Å². The largest absolute Gasteiger partial charge is 0.573 e. The molecule has 0 aliphatic heterocycles. The molecule has 0 bridgehead atoms. The Bertz CT molecular complexity index is 1230. The predicted octanol–water partition coefficient (Wildman–Crippen LogP) is 6.59. The van der Waals surface area contributed by atoms with E-state index in [1.807, 2.05) is 48.6 Å². The minimum Gasteiger partial charge on any atom is -0.493 e. The topological polar surface area (TPSA) is 66.0 Å². The molecule has 0 atom stereocenters. The normalized spacial score (nSPS) is 11.5. The zero-order valence-corrected chi connectivity index (χ0v) is 19.8. The maximum atomic E-state index is 12.3. The zero-order valence-electron chi connectivity index (χ0n) is 19.8. The third kappa shape index (κ3) is 7.30. The molecule has 1 N–H and O–H groups in total. The number of hydrogen-bond acceptors (Lipinski definition) is 6. The second-order valence-corrected chi connectivity index (χ2v) is 7.33. The molecule has 0 saturated carbocycles. The van der Waals surface area contributed by atoms with E-state index in [1.54, 1.807) is 21.3 Å². The van der Waals surface area contributed by atoms with Crippen molar-refractivity contribution in [1.82, 2.24) is 0 Å². The number of rotatable bonds is 10. The molecule has 0 unspecified atom stereocenters. The van der Waals surface area contributed by atoms with Crippen LogP contribution in [0.2, 0.25) is 0 Å². The fourth-order valence-electron chi connectivity index (χ4n) is 3.25. The van der Waals surface area contributed by atoms with Crippen LogP contribution in [0.1, 0.15) is 21.5 Å². The van der Waals surface area contributed by atoms with Gasteiger partial charge in [-0.2, -0.15) is 0 Å². The smallest absolute Gasteiger partial charge is 0.493 e. The molecular formula is C27H24F3NO5. The van der Waals surface area contributed by atoms with E-state index in [4.69, 9.17) is 14.2 Å². The number of ketones is 1. The SMILES string of the molecule is COc1cc(C=Cc2cccc(N/C=C\C(=O)c3ccc(OC(F)(F)F)cc3)c2)cc(OC)c1OC. The molecule has 0 aromatic heterocycles. The number of halogens is 3. The first-order valence-electron chi connectivity index (χ1n) is 10.6. The molecule has 3 rings (SSSR count). The summed E-state index contributed by atoms with van der Waals surface area (Å²) in [5.41, 5.74) is 2.71. The lowest BCUT2D eigenvalue weighted by molar-refractivity contribution is -0.274. The molecule has 3 aromatic carbocycles. The van der Waals surface area contributed by atoms with E-state index in [2.05, 4.69) is 10.1 Å². The average Bonchev–Trinajstić information content (AvgIpc) is 2.86. The summed E-state index contributed by atoms with van der Waals surface area (Å²) in [5.74, 6) is 0.834.